The van der Waals surface area contributed by atoms with Gasteiger partial charge in [-0.3, -0.25) is 4.79 Å². The Hall–Kier alpha value is -3.84. The van der Waals surface area contributed by atoms with Gasteiger partial charge in [0.25, 0.3) is 5.91 Å². The Morgan fingerprint density at radius 2 is 1.46 bits per heavy atom. The smallest absolute Gasteiger partial charge is 0.326 e. The van der Waals surface area contributed by atoms with Gasteiger partial charge in [-0.05, 0) is 72.0 Å². The van der Waals surface area contributed by atoms with Crippen LogP contribution in [0, 0.1) is 12.8 Å². The Bertz CT molecular complexity index is 1220. The van der Waals surface area contributed by atoms with Gasteiger partial charge in [-0.1, -0.05) is 49.7 Å². The van der Waals surface area contributed by atoms with Crippen molar-refractivity contribution in [2.75, 3.05) is 17.7 Å². The third-order valence-electron chi connectivity index (χ3n) is 5.67. The molecule has 35 heavy (non-hydrogen) atoms. The van der Waals surface area contributed by atoms with Crippen LogP contribution in [0.5, 0.6) is 0 Å². The fraction of sp³-hybridized carbons (Fsp3) is 0.222. The average molecular weight is 494 g/mol. The zero-order chi connectivity index (χ0) is 25.7. The number of aliphatic carboxylic acids is 1. The largest absolute Gasteiger partial charge is 0.480 e. The highest BCUT2D eigenvalue weighted by molar-refractivity contribution is 6.30. The minimum atomic E-state index is -1.03. The number of hydrogen-bond donors (Lipinski definition) is 3. The number of carbonyl (C=O) groups excluding carboxylic acids is 2. The van der Waals surface area contributed by atoms with Crippen LogP contribution in [-0.2, 0) is 4.79 Å². The second-order valence-electron chi connectivity index (χ2n) is 8.64. The summed E-state index contributed by atoms with van der Waals surface area (Å²) in [5.41, 5.74) is 4.36. The molecule has 0 aliphatic heterocycles. The number of nitrogens with one attached hydrogen (secondary N) is 2. The molecule has 0 radical (unpaired) electrons. The van der Waals surface area contributed by atoms with Crippen molar-refractivity contribution in [1.29, 1.82) is 0 Å². The van der Waals surface area contributed by atoms with Crippen molar-refractivity contribution in [3.05, 3.63) is 82.9 Å². The second kappa shape index (κ2) is 11.1. The van der Waals surface area contributed by atoms with Crippen molar-refractivity contribution < 1.29 is 19.5 Å². The van der Waals surface area contributed by atoms with Crippen molar-refractivity contribution in [3.8, 4) is 11.1 Å². The molecule has 182 valence electrons. The molecule has 3 aromatic carbocycles. The Morgan fingerprint density at radius 3 is 1.97 bits per heavy atom. The number of likely N-dealkylation sites (N-methyl/N-ethyl adjacent to an activating group) is 1. The predicted molar refractivity (Wildman–Crippen MR) is 139 cm³/mol. The first-order chi connectivity index (χ1) is 16.6. The monoisotopic (exact) mass is 493 g/mol. The highest BCUT2D eigenvalue weighted by atomic mass is 35.5. The van der Waals surface area contributed by atoms with Crippen LogP contribution >= 0.6 is 11.6 Å². The average Bonchev–Trinajstić information content (AvgIpc) is 2.80. The van der Waals surface area contributed by atoms with E-state index in [4.69, 9.17) is 11.6 Å². The summed E-state index contributed by atoms with van der Waals surface area (Å²) < 4.78 is 0. The van der Waals surface area contributed by atoms with Crippen molar-refractivity contribution in [2.24, 2.45) is 5.92 Å². The molecular weight excluding hydrogens is 466 g/mol. The number of halogens is 1. The summed E-state index contributed by atoms with van der Waals surface area (Å²) in [6.45, 7) is 5.40. The van der Waals surface area contributed by atoms with Crippen molar-refractivity contribution >= 4 is 40.9 Å². The first-order valence-corrected chi connectivity index (χ1v) is 11.5. The highest BCUT2D eigenvalue weighted by Gasteiger charge is 2.30. The summed E-state index contributed by atoms with van der Waals surface area (Å²) in [4.78, 5) is 37.9. The lowest BCUT2D eigenvalue weighted by atomic mass is 10.0. The van der Waals surface area contributed by atoms with Crippen molar-refractivity contribution in [3.63, 3.8) is 0 Å². The summed E-state index contributed by atoms with van der Waals surface area (Å²) in [5, 5.41) is 15.6. The fourth-order valence-electron chi connectivity index (χ4n) is 3.83. The molecule has 0 aliphatic carbocycles. The van der Waals surface area contributed by atoms with Gasteiger partial charge in [0.2, 0.25) is 0 Å². The van der Waals surface area contributed by atoms with Crippen LogP contribution in [0.15, 0.2) is 66.7 Å². The zero-order valence-electron chi connectivity index (χ0n) is 20.0. The zero-order valence-corrected chi connectivity index (χ0v) is 20.8. The van der Waals surface area contributed by atoms with E-state index < -0.39 is 12.0 Å². The van der Waals surface area contributed by atoms with Crippen LogP contribution in [-0.4, -0.2) is 41.0 Å². The van der Waals surface area contributed by atoms with E-state index in [0.29, 0.717) is 22.0 Å². The standard InChI is InChI=1S/C27H28ClN3O4/c1-16(2)24(26(33)34)31(4)25(32)20-7-5-18(6-8-20)19-9-12-22(13-10-19)29-27(35)30-23-14-11-21(28)15-17(23)3/h5-16,24H,1-4H3,(H,33,34)(H2,29,30,35)/t24-/m0/s1. The molecule has 0 aromatic heterocycles. The molecule has 0 saturated heterocycles. The molecule has 3 aromatic rings. The van der Waals surface area contributed by atoms with Gasteiger partial charge in [0.15, 0.2) is 0 Å². The number of carboxylic acid groups (broad SMARTS) is 1. The molecule has 0 saturated carbocycles. The molecule has 3 rings (SSSR count). The van der Waals surface area contributed by atoms with Crippen LogP contribution in [0.3, 0.4) is 0 Å². The maximum Gasteiger partial charge on any atom is 0.326 e. The Kier molecular flexibility index (Phi) is 8.14. The van der Waals surface area contributed by atoms with E-state index in [9.17, 15) is 19.5 Å². The Labute approximate surface area is 209 Å². The molecule has 0 aliphatic rings. The van der Waals surface area contributed by atoms with Crippen molar-refractivity contribution in [2.45, 2.75) is 26.8 Å². The number of amides is 3. The number of aryl methyl sites for hydroxylation is 1. The highest BCUT2D eigenvalue weighted by Crippen LogP contribution is 2.24. The Morgan fingerprint density at radius 1 is 0.886 bits per heavy atom. The minimum Gasteiger partial charge on any atom is -0.480 e. The quantitative estimate of drug-likeness (QED) is 0.368. The topological polar surface area (TPSA) is 98.7 Å². The third-order valence-corrected chi connectivity index (χ3v) is 5.90. The molecular formula is C27H28ClN3O4. The number of rotatable bonds is 7. The van der Waals surface area contributed by atoms with Crippen molar-refractivity contribution in [1.82, 2.24) is 4.90 Å². The SMILES string of the molecule is Cc1cc(Cl)ccc1NC(=O)Nc1ccc(-c2ccc(C(=O)N(C)[C@H](C(=O)O)C(C)C)cc2)cc1. The molecule has 0 fully saturated rings. The lowest BCUT2D eigenvalue weighted by molar-refractivity contribution is -0.143. The van der Waals surface area contributed by atoms with Gasteiger partial charge in [-0.25, -0.2) is 9.59 Å². The molecule has 8 heteroatoms. The predicted octanol–water partition coefficient (Wildman–Crippen LogP) is 6.14. The maximum atomic E-state index is 12.8. The lowest BCUT2D eigenvalue weighted by Crippen LogP contribution is -2.45. The molecule has 0 heterocycles. The van der Waals surface area contributed by atoms with E-state index in [1.54, 1.807) is 56.3 Å². The van der Waals surface area contributed by atoms with Crippen LogP contribution in [0.25, 0.3) is 11.1 Å². The number of hydrogen-bond acceptors (Lipinski definition) is 3. The van der Waals surface area contributed by atoms with Gasteiger partial charge in [-0.15, -0.1) is 0 Å². The fourth-order valence-corrected chi connectivity index (χ4v) is 4.06. The molecule has 0 unspecified atom stereocenters. The van der Waals surface area contributed by atoms with Gasteiger partial charge in [0.05, 0.1) is 0 Å². The molecule has 1 atom stereocenters. The lowest BCUT2D eigenvalue weighted by Gasteiger charge is -2.27. The van der Waals surface area contributed by atoms with Gasteiger partial charge >= 0.3 is 12.0 Å². The summed E-state index contributed by atoms with van der Waals surface area (Å²) in [6.07, 6.45) is 0. The van der Waals surface area contributed by atoms with E-state index >= 15 is 0 Å². The molecule has 0 bridgehead atoms. The molecule has 3 amide bonds. The van der Waals surface area contributed by atoms with Gasteiger partial charge in [0, 0.05) is 29.0 Å². The van der Waals surface area contributed by atoms with E-state index in [1.807, 2.05) is 31.2 Å². The van der Waals surface area contributed by atoms with Crippen LogP contribution < -0.4 is 10.6 Å². The van der Waals surface area contributed by atoms with Gasteiger partial charge in [-0.2, -0.15) is 0 Å². The van der Waals surface area contributed by atoms with Crippen LogP contribution in [0.2, 0.25) is 5.02 Å². The summed E-state index contributed by atoms with van der Waals surface area (Å²) in [5.74, 6) is -1.59. The van der Waals surface area contributed by atoms with Gasteiger partial charge in [0.1, 0.15) is 6.04 Å². The van der Waals surface area contributed by atoms with Crippen LogP contribution in [0.4, 0.5) is 16.2 Å². The summed E-state index contributed by atoms with van der Waals surface area (Å²) >= 11 is 5.95. The first kappa shape index (κ1) is 25.8. The number of urea groups is 1. The number of carboxylic acids is 1. The minimum absolute atomic E-state index is 0.217. The summed E-state index contributed by atoms with van der Waals surface area (Å²) in [7, 11) is 1.51. The van der Waals surface area contributed by atoms with E-state index in [-0.39, 0.29) is 17.9 Å². The maximum absolute atomic E-state index is 12.8. The molecule has 0 spiro atoms. The molecule has 7 nitrogen and oxygen atoms in total. The number of anilines is 2. The second-order valence-corrected chi connectivity index (χ2v) is 9.07. The summed E-state index contributed by atoms with van der Waals surface area (Å²) in [6, 6.07) is 18.3. The van der Waals surface area contributed by atoms with E-state index in [1.165, 1.54) is 11.9 Å². The first-order valence-electron chi connectivity index (χ1n) is 11.1. The normalized spacial score (nSPS) is 11.6. The van der Waals surface area contributed by atoms with E-state index in [2.05, 4.69) is 10.6 Å². The van der Waals surface area contributed by atoms with E-state index in [0.717, 1.165) is 16.7 Å². The number of benzene rings is 3. The number of carbonyl (C=O) groups is 3. The Balaban J connectivity index is 1.65. The third kappa shape index (κ3) is 6.39. The van der Waals surface area contributed by atoms with Crippen LogP contribution in [0.1, 0.15) is 29.8 Å². The molecule has 3 N–H and O–H groups in total. The number of nitrogens with zero attached hydrogens (tertiary/aromatic N) is 1. The van der Waals surface area contributed by atoms with Gasteiger partial charge < -0.3 is 20.6 Å².